The van der Waals surface area contributed by atoms with Crippen LogP contribution in [0.2, 0.25) is 0 Å². The van der Waals surface area contributed by atoms with Crippen molar-refractivity contribution in [2.45, 2.75) is 38.6 Å². The highest BCUT2D eigenvalue weighted by molar-refractivity contribution is 5.55. The molecule has 4 heteroatoms. The molecule has 0 aromatic carbocycles. The molecule has 4 nitrogen and oxygen atoms in total. The second-order valence-electron chi connectivity index (χ2n) is 3.75. The lowest BCUT2D eigenvalue weighted by atomic mass is 10.1. The van der Waals surface area contributed by atoms with Gasteiger partial charge in [-0.25, -0.2) is 9.97 Å². The number of hydrogen-bond donors (Lipinski definition) is 2. The zero-order chi connectivity index (χ0) is 9.97. The predicted molar refractivity (Wildman–Crippen MR) is 57.1 cm³/mol. The van der Waals surface area contributed by atoms with Gasteiger partial charge in [0.05, 0.1) is 0 Å². The summed E-state index contributed by atoms with van der Waals surface area (Å²) in [6.45, 7) is 2.13. The summed E-state index contributed by atoms with van der Waals surface area (Å²) < 4.78 is 0. The molecule has 1 aromatic heterocycles. The third-order valence-electron chi connectivity index (χ3n) is 2.40. The monoisotopic (exact) mass is 192 g/mol. The molecule has 0 aliphatic heterocycles. The van der Waals surface area contributed by atoms with E-state index in [1.165, 1.54) is 19.2 Å². The summed E-state index contributed by atoms with van der Waals surface area (Å²) in [5, 5.41) is 3.38. The molecule has 76 valence electrons. The number of anilines is 2. The first kappa shape index (κ1) is 9.24. The zero-order valence-corrected chi connectivity index (χ0v) is 8.45. The Hall–Kier alpha value is -1.32. The van der Waals surface area contributed by atoms with Crippen molar-refractivity contribution < 1.29 is 0 Å². The molecular weight excluding hydrogens is 176 g/mol. The molecule has 0 atom stereocenters. The smallest absolute Gasteiger partial charge is 0.134 e. The van der Waals surface area contributed by atoms with Crippen molar-refractivity contribution >= 4 is 11.6 Å². The van der Waals surface area contributed by atoms with Crippen LogP contribution in [0.3, 0.4) is 0 Å². The SMILES string of the molecule is CCCc1c(N)ncnc1NC1CC1. The van der Waals surface area contributed by atoms with E-state index in [9.17, 15) is 0 Å². The minimum absolute atomic E-state index is 0.611. The fraction of sp³-hybridized carbons (Fsp3) is 0.600. The van der Waals surface area contributed by atoms with E-state index in [1.54, 1.807) is 0 Å². The first-order valence-corrected chi connectivity index (χ1v) is 5.17. The van der Waals surface area contributed by atoms with Crippen LogP contribution in [0.4, 0.5) is 11.6 Å². The van der Waals surface area contributed by atoms with Gasteiger partial charge in [-0.15, -0.1) is 0 Å². The van der Waals surface area contributed by atoms with Gasteiger partial charge in [-0.05, 0) is 19.3 Å². The summed E-state index contributed by atoms with van der Waals surface area (Å²) in [5.41, 5.74) is 6.88. The van der Waals surface area contributed by atoms with Crippen LogP contribution in [-0.2, 0) is 6.42 Å². The van der Waals surface area contributed by atoms with Crippen molar-refractivity contribution in [3.8, 4) is 0 Å². The van der Waals surface area contributed by atoms with E-state index in [0.29, 0.717) is 11.9 Å². The highest BCUT2D eigenvalue weighted by Gasteiger charge is 2.22. The molecule has 1 fully saturated rings. The Labute approximate surface area is 83.9 Å². The van der Waals surface area contributed by atoms with Crippen molar-refractivity contribution in [2.75, 3.05) is 11.1 Å². The maximum absolute atomic E-state index is 5.81. The number of nitrogens with one attached hydrogen (secondary N) is 1. The van der Waals surface area contributed by atoms with Crippen LogP contribution in [0, 0.1) is 0 Å². The molecule has 0 spiro atoms. The summed E-state index contributed by atoms with van der Waals surface area (Å²) >= 11 is 0. The van der Waals surface area contributed by atoms with Crippen LogP contribution in [-0.4, -0.2) is 16.0 Å². The maximum atomic E-state index is 5.81. The van der Waals surface area contributed by atoms with E-state index in [1.807, 2.05) is 0 Å². The molecule has 0 radical (unpaired) electrons. The van der Waals surface area contributed by atoms with Gasteiger partial charge in [0.25, 0.3) is 0 Å². The Morgan fingerprint density at radius 1 is 1.50 bits per heavy atom. The fourth-order valence-corrected chi connectivity index (χ4v) is 1.47. The normalized spacial score (nSPS) is 15.5. The van der Waals surface area contributed by atoms with Crippen molar-refractivity contribution in [1.29, 1.82) is 0 Å². The minimum Gasteiger partial charge on any atom is -0.383 e. The molecule has 1 saturated carbocycles. The van der Waals surface area contributed by atoms with Gasteiger partial charge >= 0.3 is 0 Å². The molecule has 0 unspecified atom stereocenters. The van der Waals surface area contributed by atoms with Gasteiger partial charge in [0.1, 0.15) is 18.0 Å². The quantitative estimate of drug-likeness (QED) is 0.760. The van der Waals surface area contributed by atoms with E-state index >= 15 is 0 Å². The number of rotatable bonds is 4. The van der Waals surface area contributed by atoms with Gasteiger partial charge in [0, 0.05) is 11.6 Å². The molecule has 2 rings (SSSR count). The molecule has 0 saturated heterocycles. The summed E-state index contributed by atoms with van der Waals surface area (Å²) in [4.78, 5) is 8.25. The highest BCUT2D eigenvalue weighted by Crippen LogP contribution is 2.27. The second-order valence-corrected chi connectivity index (χ2v) is 3.75. The van der Waals surface area contributed by atoms with E-state index < -0.39 is 0 Å². The van der Waals surface area contributed by atoms with Crippen molar-refractivity contribution in [3.63, 3.8) is 0 Å². The average Bonchev–Trinajstić information content (AvgIpc) is 2.95. The average molecular weight is 192 g/mol. The largest absolute Gasteiger partial charge is 0.383 e. The first-order valence-electron chi connectivity index (χ1n) is 5.17. The third kappa shape index (κ3) is 1.95. The lowest BCUT2D eigenvalue weighted by molar-refractivity contribution is 0.901. The zero-order valence-electron chi connectivity index (χ0n) is 8.45. The Morgan fingerprint density at radius 3 is 2.93 bits per heavy atom. The molecular formula is C10H16N4. The van der Waals surface area contributed by atoms with Crippen LogP contribution in [0.25, 0.3) is 0 Å². The van der Waals surface area contributed by atoms with Crippen LogP contribution in [0.5, 0.6) is 0 Å². The Bertz CT molecular complexity index is 320. The number of hydrogen-bond acceptors (Lipinski definition) is 4. The summed E-state index contributed by atoms with van der Waals surface area (Å²) in [6.07, 6.45) is 6.03. The standard InChI is InChI=1S/C10H16N4/c1-2-3-8-9(11)12-6-13-10(8)14-7-4-5-7/h6-7H,2-5H2,1H3,(H3,11,12,13,14). The van der Waals surface area contributed by atoms with Crippen LogP contribution in [0.1, 0.15) is 31.7 Å². The van der Waals surface area contributed by atoms with Crippen molar-refractivity contribution in [3.05, 3.63) is 11.9 Å². The Balaban J connectivity index is 2.21. The van der Waals surface area contributed by atoms with E-state index in [4.69, 9.17) is 5.73 Å². The Morgan fingerprint density at radius 2 is 2.29 bits per heavy atom. The molecule has 1 aromatic rings. The number of nitrogens with zero attached hydrogens (tertiary/aromatic N) is 2. The second kappa shape index (κ2) is 3.82. The number of nitrogen functional groups attached to an aromatic ring is 1. The minimum atomic E-state index is 0.611. The van der Waals surface area contributed by atoms with Gasteiger partial charge in [0.15, 0.2) is 0 Å². The Kier molecular flexibility index (Phi) is 2.52. The van der Waals surface area contributed by atoms with Crippen LogP contribution in [0.15, 0.2) is 6.33 Å². The predicted octanol–water partition coefficient (Wildman–Crippen LogP) is 1.59. The number of nitrogens with two attached hydrogens (primary N) is 1. The van der Waals surface area contributed by atoms with E-state index in [2.05, 4.69) is 22.2 Å². The van der Waals surface area contributed by atoms with E-state index in [-0.39, 0.29) is 0 Å². The van der Waals surface area contributed by atoms with Gasteiger partial charge in [0.2, 0.25) is 0 Å². The van der Waals surface area contributed by atoms with Crippen molar-refractivity contribution in [1.82, 2.24) is 9.97 Å². The molecule has 3 N–H and O–H groups in total. The third-order valence-corrected chi connectivity index (χ3v) is 2.40. The number of aromatic nitrogens is 2. The molecule has 1 heterocycles. The lowest BCUT2D eigenvalue weighted by Crippen LogP contribution is -2.09. The van der Waals surface area contributed by atoms with Gasteiger partial charge in [-0.3, -0.25) is 0 Å². The summed E-state index contributed by atoms with van der Waals surface area (Å²) in [5.74, 6) is 1.55. The van der Waals surface area contributed by atoms with Crippen LogP contribution >= 0.6 is 0 Å². The lowest BCUT2D eigenvalue weighted by Gasteiger charge is -2.10. The maximum Gasteiger partial charge on any atom is 0.134 e. The fourth-order valence-electron chi connectivity index (χ4n) is 1.47. The molecule has 0 amide bonds. The molecule has 1 aliphatic rings. The van der Waals surface area contributed by atoms with Crippen LogP contribution < -0.4 is 11.1 Å². The van der Waals surface area contributed by atoms with E-state index in [0.717, 1.165) is 24.2 Å². The molecule has 0 bridgehead atoms. The molecule has 14 heavy (non-hydrogen) atoms. The highest BCUT2D eigenvalue weighted by atomic mass is 15.1. The summed E-state index contributed by atoms with van der Waals surface area (Å²) in [6, 6.07) is 0.611. The topological polar surface area (TPSA) is 63.8 Å². The van der Waals surface area contributed by atoms with Crippen molar-refractivity contribution in [2.24, 2.45) is 0 Å². The van der Waals surface area contributed by atoms with Gasteiger partial charge < -0.3 is 11.1 Å². The van der Waals surface area contributed by atoms with Gasteiger partial charge in [-0.2, -0.15) is 0 Å². The molecule has 1 aliphatic carbocycles. The summed E-state index contributed by atoms with van der Waals surface area (Å²) in [7, 11) is 0. The van der Waals surface area contributed by atoms with Gasteiger partial charge in [-0.1, -0.05) is 13.3 Å². The first-order chi connectivity index (χ1) is 6.81.